The first kappa shape index (κ1) is 11.2. The lowest BCUT2D eigenvalue weighted by Crippen LogP contribution is -2.18. The van der Waals surface area contributed by atoms with Gasteiger partial charge in [0.25, 0.3) is 0 Å². The summed E-state index contributed by atoms with van der Waals surface area (Å²) in [4.78, 5) is 4.64. The van der Waals surface area contributed by atoms with Crippen LogP contribution in [0.25, 0.3) is 0 Å². The van der Waals surface area contributed by atoms with Crippen LogP contribution in [0.5, 0.6) is 0 Å². The highest BCUT2D eigenvalue weighted by Gasteiger charge is 2.24. The van der Waals surface area contributed by atoms with Gasteiger partial charge in [0, 0.05) is 5.56 Å². The molecule has 0 amide bonds. The fraction of sp³-hybridized carbons (Fsp3) is 0.500. The van der Waals surface area contributed by atoms with Gasteiger partial charge in [-0.15, -0.1) is 0 Å². The summed E-state index contributed by atoms with van der Waals surface area (Å²) in [6.45, 7) is 2.19. The van der Waals surface area contributed by atoms with E-state index in [1.807, 2.05) is 30.3 Å². The topological polar surface area (TPSA) is 38.4 Å². The molecule has 16 heavy (non-hydrogen) atoms. The Bertz CT molecular complexity index is 352. The highest BCUT2D eigenvalue weighted by Crippen LogP contribution is 2.34. The van der Waals surface area contributed by atoms with Gasteiger partial charge in [-0.05, 0) is 18.8 Å². The predicted octanol–water partition coefficient (Wildman–Crippen LogP) is 2.97. The Hall–Kier alpha value is -1.31. The molecule has 2 rings (SSSR count). The van der Waals surface area contributed by atoms with Crippen LogP contribution in [0.2, 0.25) is 0 Å². The Kier molecular flexibility index (Phi) is 3.60. The molecule has 0 radical (unpaired) electrons. The molecule has 2 nitrogen and oxygen atoms in total. The third kappa shape index (κ3) is 3.09. The van der Waals surface area contributed by atoms with Crippen molar-refractivity contribution in [2.24, 2.45) is 16.6 Å². The quantitative estimate of drug-likeness (QED) is 0.596. The van der Waals surface area contributed by atoms with Crippen molar-refractivity contribution in [3.8, 4) is 0 Å². The van der Waals surface area contributed by atoms with Crippen LogP contribution in [0.4, 0.5) is 0 Å². The van der Waals surface area contributed by atoms with Crippen LogP contribution < -0.4 is 5.73 Å². The number of amidine groups is 1. The lowest BCUT2D eigenvalue weighted by molar-refractivity contribution is 0.557. The number of rotatable bonds is 5. The molecule has 1 aromatic rings. The normalized spacial score (nSPS) is 18.4. The second-order valence-corrected chi connectivity index (χ2v) is 4.62. The van der Waals surface area contributed by atoms with E-state index in [2.05, 4.69) is 11.9 Å². The van der Waals surface area contributed by atoms with E-state index in [-0.39, 0.29) is 0 Å². The van der Waals surface area contributed by atoms with Crippen molar-refractivity contribution in [1.82, 2.24) is 0 Å². The molecule has 1 unspecified atom stereocenters. The number of benzene rings is 1. The van der Waals surface area contributed by atoms with Crippen LogP contribution in [0, 0.1) is 5.92 Å². The third-order valence-electron chi connectivity index (χ3n) is 3.16. The zero-order valence-corrected chi connectivity index (χ0v) is 9.89. The molecule has 1 aromatic carbocycles. The summed E-state index contributed by atoms with van der Waals surface area (Å²) in [6.07, 6.45) is 5.07. The van der Waals surface area contributed by atoms with Gasteiger partial charge in [-0.3, -0.25) is 4.99 Å². The van der Waals surface area contributed by atoms with E-state index in [9.17, 15) is 0 Å². The monoisotopic (exact) mass is 216 g/mol. The second-order valence-electron chi connectivity index (χ2n) is 4.62. The Morgan fingerprint density at radius 3 is 2.62 bits per heavy atom. The van der Waals surface area contributed by atoms with Gasteiger partial charge >= 0.3 is 0 Å². The Balaban J connectivity index is 2.03. The molecular weight excluding hydrogens is 196 g/mol. The van der Waals surface area contributed by atoms with Crippen molar-refractivity contribution >= 4 is 5.84 Å². The standard InChI is InChI=1S/C14H20N2/c1-2-13(10-11-8-9-11)16-14(15)12-6-4-3-5-7-12/h3-7,11,13H,2,8-10H2,1H3,(H2,15,16). The number of nitrogens with zero attached hydrogens (tertiary/aromatic N) is 1. The number of nitrogens with two attached hydrogens (primary N) is 1. The molecule has 0 aromatic heterocycles. The Labute approximate surface area is 97.6 Å². The predicted molar refractivity (Wildman–Crippen MR) is 68.6 cm³/mol. The Morgan fingerprint density at radius 2 is 2.06 bits per heavy atom. The van der Waals surface area contributed by atoms with Crippen molar-refractivity contribution in [3.63, 3.8) is 0 Å². The lowest BCUT2D eigenvalue weighted by atomic mass is 10.1. The minimum atomic E-state index is 0.410. The van der Waals surface area contributed by atoms with E-state index in [1.165, 1.54) is 19.3 Å². The van der Waals surface area contributed by atoms with E-state index in [4.69, 9.17) is 5.73 Å². The van der Waals surface area contributed by atoms with Crippen molar-refractivity contribution < 1.29 is 0 Å². The summed E-state index contributed by atoms with van der Waals surface area (Å²) in [5.41, 5.74) is 7.06. The zero-order chi connectivity index (χ0) is 11.4. The van der Waals surface area contributed by atoms with Gasteiger partial charge in [0.2, 0.25) is 0 Å². The van der Waals surface area contributed by atoms with Crippen molar-refractivity contribution in [3.05, 3.63) is 35.9 Å². The Morgan fingerprint density at radius 1 is 1.38 bits per heavy atom. The van der Waals surface area contributed by atoms with E-state index >= 15 is 0 Å². The first-order valence-electron chi connectivity index (χ1n) is 6.18. The molecule has 0 heterocycles. The number of aliphatic imine (C=N–C) groups is 1. The van der Waals surface area contributed by atoms with Gasteiger partial charge in [0.15, 0.2) is 0 Å². The van der Waals surface area contributed by atoms with Crippen LogP contribution >= 0.6 is 0 Å². The molecule has 0 saturated heterocycles. The van der Waals surface area contributed by atoms with Crippen LogP contribution in [0.1, 0.15) is 38.2 Å². The summed E-state index contributed by atoms with van der Waals surface area (Å²) in [5, 5.41) is 0. The SMILES string of the molecule is CCC(CC1CC1)N=C(N)c1ccccc1. The molecule has 1 fully saturated rings. The molecule has 2 N–H and O–H groups in total. The summed E-state index contributed by atoms with van der Waals surface area (Å²) in [6, 6.07) is 10.4. The molecule has 0 spiro atoms. The average molecular weight is 216 g/mol. The van der Waals surface area contributed by atoms with E-state index in [0.717, 1.165) is 17.9 Å². The van der Waals surface area contributed by atoms with Gasteiger partial charge in [0.1, 0.15) is 5.84 Å². The van der Waals surface area contributed by atoms with E-state index in [1.54, 1.807) is 0 Å². The zero-order valence-electron chi connectivity index (χ0n) is 9.89. The minimum absolute atomic E-state index is 0.410. The number of hydrogen-bond acceptors (Lipinski definition) is 1. The summed E-state index contributed by atoms with van der Waals surface area (Å²) in [7, 11) is 0. The number of hydrogen-bond donors (Lipinski definition) is 1. The highest BCUT2D eigenvalue weighted by molar-refractivity contribution is 5.97. The van der Waals surface area contributed by atoms with Crippen LogP contribution in [0.15, 0.2) is 35.3 Å². The van der Waals surface area contributed by atoms with Gasteiger partial charge in [-0.25, -0.2) is 0 Å². The summed E-state index contributed by atoms with van der Waals surface area (Å²) >= 11 is 0. The highest BCUT2D eigenvalue weighted by atomic mass is 14.9. The van der Waals surface area contributed by atoms with Gasteiger partial charge in [0.05, 0.1) is 6.04 Å². The fourth-order valence-electron chi connectivity index (χ4n) is 1.93. The largest absolute Gasteiger partial charge is 0.383 e. The maximum atomic E-state index is 6.02. The first-order valence-corrected chi connectivity index (χ1v) is 6.18. The van der Waals surface area contributed by atoms with Gasteiger partial charge in [-0.2, -0.15) is 0 Å². The molecule has 0 aliphatic heterocycles. The lowest BCUT2D eigenvalue weighted by Gasteiger charge is -2.10. The molecule has 2 heteroatoms. The average Bonchev–Trinajstić information content (AvgIpc) is 3.13. The second kappa shape index (κ2) is 5.15. The maximum absolute atomic E-state index is 6.02. The molecule has 1 aliphatic carbocycles. The smallest absolute Gasteiger partial charge is 0.125 e. The fourth-order valence-corrected chi connectivity index (χ4v) is 1.93. The maximum Gasteiger partial charge on any atom is 0.125 e. The minimum Gasteiger partial charge on any atom is -0.383 e. The third-order valence-corrected chi connectivity index (χ3v) is 3.16. The summed E-state index contributed by atoms with van der Waals surface area (Å²) in [5.74, 6) is 1.60. The molecule has 1 saturated carbocycles. The van der Waals surface area contributed by atoms with Crippen molar-refractivity contribution in [2.45, 2.75) is 38.6 Å². The molecule has 0 bridgehead atoms. The first-order chi connectivity index (χ1) is 7.79. The van der Waals surface area contributed by atoms with E-state index in [0.29, 0.717) is 11.9 Å². The van der Waals surface area contributed by atoms with Crippen LogP contribution in [-0.2, 0) is 0 Å². The van der Waals surface area contributed by atoms with Crippen LogP contribution in [0.3, 0.4) is 0 Å². The summed E-state index contributed by atoms with van der Waals surface area (Å²) < 4.78 is 0. The molecule has 86 valence electrons. The van der Waals surface area contributed by atoms with Crippen molar-refractivity contribution in [1.29, 1.82) is 0 Å². The van der Waals surface area contributed by atoms with E-state index < -0.39 is 0 Å². The molecule has 1 atom stereocenters. The van der Waals surface area contributed by atoms with Gasteiger partial charge in [-0.1, -0.05) is 50.1 Å². The molecular formula is C14H20N2. The van der Waals surface area contributed by atoms with Crippen LogP contribution in [-0.4, -0.2) is 11.9 Å². The van der Waals surface area contributed by atoms with Gasteiger partial charge < -0.3 is 5.73 Å². The van der Waals surface area contributed by atoms with Crippen molar-refractivity contribution in [2.75, 3.05) is 0 Å². The molecule has 1 aliphatic rings.